The van der Waals surface area contributed by atoms with Crippen LogP contribution in [0.2, 0.25) is 0 Å². The molecule has 0 unspecified atom stereocenters. The molecular formula is C19H29NO. The lowest BCUT2D eigenvalue weighted by atomic mass is 9.43. The summed E-state index contributed by atoms with van der Waals surface area (Å²) >= 11 is 0. The molecule has 1 spiro atoms. The van der Waals surface area contributed by atoms with E-state index in [-0.39, 0.29) is 5.54 Å². The normalized spacial score (nSPS) is 22.5. The number of methoxy groups -OCH3 is 1. The molecule has 21 heavy (non-hydrogen) atoms. The molecule has 0 atom stereocenters. The fourth-order valence-electron chi connectivity index (χ4n) is 4.23. The summed E-state index contributed by atoms with van der Waals surface area (Å²) in [5, 5.41) is 3.75. The van der Waals surface area contributed by atoms with Crippen molar-refractivity contribution in [3.05, 3.63) is 29.8 Å². The molecule has 116 valence electrons. The number of hydrogen-bond donors (Lipinski definition) is 1. The maximum Gasteiger partial charge on any atom is 0.119 e. The number of ether oxygens (including phenoxy) is 1. The van der Waals surface area contributed by atoms with Gasteiger partial charge in [0.25, 0.3) is 0 Å². The highest BCUT2D eigenvalue weighted by atomic mass is 16.5. The van der Waals surface area contributed by atoms with E-state index in [0.717, 1.165) is 12.3 Å². The van der Waals surface area contributed by atoms with Crippen LogP contribution in [0.5, 0.6) is 5.75 Å². The molecule has 1 aromatic carbocycles. The highest BCUT2D eigenvalue weighted by Crippen LogP contribution is 2.64. The number of rotatable bonds is 4. The zero-order valence-corrected chi connectivity index (χ0v) is 14.0. The zero-order chi connectivity index (χ0) is 15.1. The molecule has 3 rings (SSSR count). The zero-order valence-electron chi connectivity index (χ0n) is 14.0. The molecule has 0 aliphatic heterocycles. The monoisotopic (exact) mass is 287 g/mol. The summed E-state index contributed by atoms with van der Waals surface area (Å²) in [4.78, 5) is 0. The second-order valence-electron chi connectivity index (χ2n) is 8.32. The molecule has 2 saturated carbocycles. The molecule has 0 heterocycles. The van der Waals surface area contributed by atoms with E-state index in [1.165, 1.54) is 37.7 Å². The van der Waals surface area contributed by atoms with Gasteiger partial charge in [-0.2, -0.15) is 0 Å². The fraction of sp³-hybridized carbons (Fsp3) is 0.684. The topological polar surface area (TPSA) is 21.3 Å². The van der Waals surface area contributed by atoms with Crippen LogP contribution in [-0.2, 0) is 5.41 Å². The molecule has 1 N–H and O–H groups in total. The van der Waals surface area contributed by atoms with Gasteiger partial charge in [0.1, 0.15) is 5.75 Å². The highest BCUT2D eigenvalue weighted by Gasteiger charge is 2.57. The van der Waals surface area contributed by atoms with E-state index in [1.807, 2.05) is 6.07 Å². The van der Waals surface area contributed by atoms with Crippen LogP contribution >= 0.6 is 0 Å². The molecule has 2 aliphatic rings. The Morgan fingerprint density at radius 2 is 1.90 bits per heavy atom. The van der Waals surface area contributed by atoms with Gasteiger partial charge in [0.15, 0.2) is 0 Å². The quantitative estimate of drug-likeness (QED) is 0.892. The molecule has 0 bridgehead atoms. The maximum absolute atomic E-state index is 5.44. The fourth-order valence-corrected chi connectivity index (χ4v) is 4.23. The molecule has 2 fully saturated rings. The van der Waals surface area contributed by atoms with Crippen molar-refractivity contribution in [2.24, 2.45) is 5.41 Å². The van der Waals surface area contributed by atoms with Crippen molar-refractivity contribution in [1.82, 2.24) is 5.32 Å². The first kappa shape index (κ1) is 14.9. The third-order valence-electron chi connectivity index (χ3n) is 5.48. The number of nitrogens with one attached hydrogen (secondary N) is 1. The third kappa shape index (κ3) is 2.83. The van der Waals surface area contributed by atoms with Gasteiger partial charge < -0.3 is 10.1 Å². The van der Waals surface area contributed by atoms with Gasteiger partial charge in [0, 0.05) is 17.5 Å². The van der Waals surface area contributed by atoms with E-state index in [9.17, 15) is 0 Å². The van der Waals surface area contributed by atoms with Gasteiger partial charge in [-0.25, -0.2) is 0 Å². The highest BCUT2D eigenvalue weighted by molar-refractivity contribution is 5.38. The molecule has 2 heteroatoms. The van der Waals surface area contributed by atoms with Crippen molar-refractivity contribution >= 4 is 0 Å². The van der Waals surface area contributed by atoms with Gasteiger partial charge in [0.05, 0.1) is 7.11 Å². The van der Waals surface area contributed by atoms with E-state index in [2.05, 4.69) is 44.3 Å². The van der Waals surface area contributed by atoms with Crippen molar-refractivity contribution in [2.75, 3.05) is 13.7 Å². The minimum Gasteiger partial charge on any atom is -0.497 e. The lowest BCUT2D eigenvalue weighted by Crippen LogP contribution is -2.59. The van der Waals surface area contributed by atoms with Crippen molar-refractivity contribution in [1.29, 1.82) is 0 Å². The Bertz CT molecular complexity index is 503. The Balaban J connectivity index is 1.82. The molecule has 0 saturated heterocycles. The number of benzene rings is 1. The molecule has 2 nitrogen and oxygen atoms in total. The van der Waals surface area contributed by atoms with Gasteiger partial charge in [-0.15, -0.1) is 0 Å². The van der Waals surface area contributed by atoms with E-state index >= 15 is 0 Å². The Labute approximate surface area is 129 Å². The Morgan fingerprint density at radius 1 is 1.19 bits per heavy atom. The van der Waals surface area contributed by atoms with Crippen LogP contribution < -0.4 is 10.1 Å². The third-order valence-corrected chi connectivity index (χ3v) is 5.48. The van der Waals surface area contributed by atoms with E-state index in [0.29, 0.717) is 10.8 Å². The lowest BCUT2D eigenvalue weighted by Gasteiger charge is -2.62. The first-order valence-electron chi connectivity index (χ1n) is 8.26. The van der Waals surface area contributed by atoms with Gasteiger partial charge in [-0.05, 0) is 69.6 Å². The Hall–Kier alpha value is -1.02. The first-order valence-corrected chi connectivity index (χ1v) is 8.26. The van der Waals surface area contributed by atoms with Crippen LogP contribution in [0.1, 0.15) is 58.4 Å². The van der Waals surface area contributed by atoms with E-state index in [1.54, 1.807) is 7.11 Å². The van der Waals surface area contributed by atoms with Crippen molar-refractivity contribution in [3.8, 4) is 5.75 Å². The SMILES string of the molecule is COc1cccc(C2(CNC(C)(C)C)CC3(CCC3)C2)c1. The average molecular weight is 287 g/mol. The van der Waals surface area contributed by atoms with Crippen molar-refractivity contribution in [3.63, 3.8) is 0 Å². The number of hydrogen-bond acceptors (Lipinski definition) is 2. The predicted octanol–water partition coefficient (Wildman–Crippen LogP) is 4.29. The summed E-state index contributed by atoms with van der Waals surface area (Å²) in [6.45, 7) is 7.84. The van der Waals surface area contributed by atoms with Crippen LogP contribution in [-0.4, -0.2) is 19.2 Å². The van der Waals surface area contributed by atoms with Crippen LogP contribution in [0.4, 0.5) is 0 Å². The van der Waals surface area contributed by atoms with Crippen LogP contribution in [0.3, 0.4) is 0 Å². The van der Waals surface area contributed by atoms with Gasteiger partial charge in [0.2, 0.25) is 0 Å². The molecule has 0 aromatic heterocycles. The Morgan fingerprint density at radius 3 is 2.43 bits per heavy atom. The molecule has 0 radical (unpaired) electrons. The lowest BCUT2D eigenvalue weighted by molar-refractivity contribution is -0.0503. The largest absolute Gasteiger partial charge is 0.497 e. The Kier molecular flexibility index (Phi) is 3.56. The van der Waals surface area contributed by atoms with Crippen LogP contribution in [0.25, 0.3) is 0 Å². The van der Waals surface area contributed by atoms with Gasteiger partial charge in [-0.3, -0.25) is 0 Å². The summed E-state index contributed by atoms with van der Waals surface area (Å²) in [5.41, 5.74) is 2.61. The van der Waals surface area contributed by atoms with E-state index < -0.39 is 0 Å². The smallest absolute Gasteiger partial charge is 0.119 e. The molecule has 1 aromatic rings. The van der Waals surface area contributed by atoms with Crippen molar-refractivity contribution < 1.29 is 4.74 Å². The van der Waals surface area contributed by atoms with Gasteiger partial charge in [-0.1, -0.05) is 18.6 Å². The molecular weight excluding hydrogens is 258 g/mol. The maximum atomic E-state index is 5.44. The summed E-state index contributed by atoms with van der Waals surface area (Å²) in [6, 6.07) is 8.72. The first-order chi connectivity index (χ1) is 9.87. The average Bonchev–Trinajstić information content (AvgIpc) is 2.35. The predicted molar refractivity (Wildman–Crippen MR) is 87.9 cm³/mol. The van der Waals surface area contributed by atoms with E-state index in [4.69, 9.17) is 4.74 Å². The summed E-state index contributed by atoms with van der Waals surface area (Å²) in [7, 11) is 1.76. The van der Waals surface area contributed by atoms with Crippen LogP contribution in [0, 0.1) is 5.41 Å². The minimum absolute atomic E-state index is 0.175. The van der Waals surface area contributed by atoms with Gasteiger partial charge >= 0.3 is 0 Å². The standard InChI is InChI=1S/C19H29NO/c1-17(2,3)20-14-19(12-18(13-19)9-6-10-18)15-7-5-8-16(11-15)21-4/h5,7-8,11,20H,6,9-10,12-14H2,1-4H3. The molecule has 0 amide bonds. The summed E-state index contributed by atoms with van der Waals surface area (Å²) in [5.74, 6) is 0.984. The van der Waals surface area contributed by atoms with Crippen LogP contribution in [0.15, 0.2) is 24.3 Å². The minimum atomic E-state index is 0.175. The summed E-state index contributed by atoms with van der Waals surface area (Å²) in [6.07, 6.45) is 7.00. The summed E-state index contributed by atoms with van der Waals surface area (Å²) < 4.78 is 5.44. The second-order valence-corrected chi connectivity index (χ2v) is 8.32. The molecule has 2 aliphatic carbocycles. The van der Waals surface area contributed by atoms with Crippen molar-refractivity contribution in [2.45, 2.75) is 63.8 Å². The second kappa shape index (κ2) is 5.01.